The largest absolute Gasteiger partial charge is 0.452 e. The second-order valence-electron chi connectivity index (χ2n) is 5.26. The summed E-state index contributed by atoms with van der Waals surface area (Å²) >= 11 is 0.888. The van der Waals surface area contributed by atoms with Crippen molar-refractivity contribution >= 4 is 35.0 Å². The minimum atomic E-state index is -1.27. The highest BCUT2D eigenvalue weighted by Gasteiger charge is 2.21. The van der Waals surface area contributed by atoms with Gasteiger partial charge in [-0.15, -0.1) is 11.8 Å². The summed E-state index contributed by atoms with van der Waals surface area (Å²) in [7, 11) is 0. The Kier molecular flexibility index (Phi) is 6.83. The van der Waals surface area contributed by atoms with Gasteiger partial charge in [0.2, 0.25) is 0 Å². The van der Waals surface area contributed by atoms with E-state index in [0.29, 0.717) is 0 Å². The van der Waals surface area contributed by atoms with E-state index in [1.165, 1.54) is 25.1 Å². The van der Waals surface area contributed by atoms with E-state index in [9.17, 15) is 28.5 Å². The van der Waals surface area contributed by atoms with Gasteiger partial charge in [0.25, 0.3) is 11.6 Å². The number of rotatable bonds is 7. The van der Waals surface area contributed by atoms with Gasteiger partial charge in [0.05, 0.1) is 21.3 Å². The van der Waals surface area contributed by atoms with Gasteiger partial charge in [-0.1, -0.05) is 12.1 Å². The molecule has 2 aromatic carbocycles. The lowest BCUT2D eigenvalue weighted by atomic mass is 10.2. The average Bonchev–Trinajstić information content (AvgIpc) is 2.63. The summed E-state index contributed by atoms with van der Waals surface area (Å²) < 4.78 is 31.5. The molecule has 0 aliphatic heterocycles. The van der Waals surface area contributed by atoms with Crippen LogP contribution in [0.3, 0.4) is 0 Å². The van der Waals surface area contributed by atoms with Crippen molar-refractivity contribution < 1.29 is 28.0 Å². The normalized spacial score (nSPS) is 11.5. The van der Waals surface area contributed by atoms with E-state index >= 15 is 0 Å². The summed E-state index contributed by atoms with van der Waals surface area (Å²) in [4.78, 5) is 34.4. The monoisotopic (exact) mass is 396 g/mol. The van der Waals surface area contributed by atoms with Crippen molar-refractivity contribution in [2.24, 2.45) is 0 Å². The van der Waals surface area contributed by atoms with Gasteiger partial charge in [-0.25, -0.2) is 8.78 Å². The molecule has 0 aromatic heterocycles. The Hall–Kier alpha value is -3.01. The third-order valence-corrected chi connectivity index (χ3v) is 4.31. The Labute approximate surface area is 156 Å². The number of nitrogens with one attached hydrogen (secondary N) is 1. The second kappa shape index (κ2) is 9.08. The number of amides is 1. The van der Waals surface area contributed by atoms with Crippen molar-refractivity contribution in [2.75, 3.05) is 11.1 Å². The topological polar surface area (TPSA) is 98.5 Å². The lowest BCUT2D eigenvalue weighted by molar-refractivity contribution is -0.387. The molecule has 0 saturated heterocycles. The SMILES string of the molecule is C[C@@H](OC(=O)CSc1ccccc1[N+](=O)[O-])C(=O)Nc1cc(F)ccc1F. The minimum absolute atomic E-state index is 0.150. The number of hydrogen-bond acceptors (Lipinski definition) is 6. The van der Waals surface area contributed by atoms with E-state index in [1.54, 1.807) is 6.07 Å². The molecule has 2 aromatic rings. The van der Waals surface area contributed by atoms with Crippen molar-refractivity contribution in [2.45, 2.75) is 17.9 Å². The third-order valence-electron chi connectivity index (χ3n) is 3.27. The van der Waals surface area contributed by atoms with Crippen LogP contribution in [0.2, 0.25) is 0 Å². The molecule has 0 aliphatic carbocycles. The first-order chi connectivity index (χ1) is 12.8. The van der Waals surface area contributed by atoms with Crippen LogP contribution in [0.15, 0.2) is 47.4 Å². The number of nitro groups is 1. The van der Waals surface area contributed by atoms with Gasteiger partial charge in [-0.2, -0.15) is 0 Å². The van der Waals surface area contributed by atoms with Crippen molar-refractivity contribution in [3.63, 3.8) is 0 Å². The zero-order valence-corrected chi connectivity index (χ0v) is 14.8. The minimum Gasteiger partial charge on any atom is -0.452 e. The number of para-hydroxylation sites is 1. The molecule has 0 unspecified atom stereocenters. The van der Waals surface area contributed by atoms with E-state index in [-0.39, 0.29) is 22.0 Å². The molecule has 1 atom stereocenters. The highest BCUT2D eigenvalue weighted by atomic mass is 32.2. The van der Waals surface area contributed by atoms with Gasteiger partial charge in [0.1, 0.15) is 11.6 Å². The number of benzene rings is 2. The molecule has 0 aliphatic rings. The smallest absolute Gasteiger partial charge is 0.317 e. The summed E-state index contributed by atoms with van der Waals surface area (Å²) in [6.45, 7) is 1.26. The van der Waals surface area contributed by atoms with Crippen LogP contribution in [-0.2, 0) is 14.3 Å². The Balaban J connectivity index is 1.91. The van der Waals surface area contributed by atoms with Gasteiger partial charge >= 0.3 is 5.97 Å². The summed E-state index contributed by atoms with van der Waals surface area (Å²) in [5.41, 5.74) is -0.528. The molecule has 1 N–H and O–H groups in total. The number of anilines is 1. The van der Waals surface area contributed by atoms with Gasteiger partial charge in [0, 0.05) is 12.1 Å². The fourth-order valence-corrected chi connectivity index (χ4v) is 2.79. The van der Waals surface area contributed by atoms with E-state index in [1.807, 2.05) is 0 Å². The van der Waals surface area contributed by atoms with E-state index in [0.717, 1.165) is 30.0 Å². The number of esters is 1. The van der Waals surface area contributed by atoms with Crippen molar-refractivity contribution in [3.05, 3.63) is 64.2 Å². The number of carbonyl (C=O) groups is 2. The Morgan fingerprint density at radius 1 is 1.26 bits per heavy atom. The number of thioether (sulfide) groups is 1. The molecule has 0 heterocycles. The van der Waals surface area contributed by atoms with E-state index in [4.69, 9.17) is 4.74 Å². The molecule has 0 saturated carbocycles. The summed E-state index contributed by atoms with van der Waals surface area (Å²) in [6, 6.07) is 8.42. The molecule has 7 nitrogen and oxygen atoms in total. The van der Waals surface area contributed by atoms with Gasteiger partial charge in [0.15, 0.2) is 6.10 Å². The highest BCUT2D eigenvalue weighted by Crippen LogP contribution is 2.28. The fraction of sp³-hybridized carbons (Fsp3) is 0.176. The standard InChI is InChI=1S/C17H14F2N2O5S/c1-10(17(23)20-13-8-11(18)6-7-12(13)19)26-16(22)9-27-15-5-3-2-4-14(15)21(24)25/h2-8,10H,9H2,1H3,(H,20,23)/t10-/m1/s1. The maximum atomic E-state index is 13.5. The Morgan fingerprint density at radius 2 is 1.96 bits per heavy atom. The predicted molar refractivity (Wildman–Crippen MR) is 94.4 cm³/mol. The second-order valence-corrected chi connectivity index (χ2v) is 6.28. The van der Waals surface area contributed by atoms with Crippen LogP contribution in [0, 0.1) is 21.7 Å². The zero-order valence-electron chi connectivity index (χ0n) is 14.0. The van der Waals surface area contributed by atoms with E-state index in [2.05, 4.69) is 5.32 Å². The van der Waals surface area contributed by atoms with Gasteiger partial charge in [-0.05, 0) is 25.1 Å². The third kappa shape index (κ3) is 5.74. The average molecular weight is 396 g/mol. The fourth-order valence-electron chi connectivity index (χ4n) is 1.98. The molecule has 0 spiro atoms. The molecule has 2 rings (SSSR count). The quantitative estimate of drug-likeness (QED) is 0.333. The molecule has 10 heteroatoms. The first-order valence-electron chi connectivity index (χ1n) is 7.59. The maximum absolute atomic E-state index is 13.5. The van der Waals surface area contributed by atoms with Crippen LogP contribution in [-0.4, -0.2) is 28.7 Å². The summed E-state index contributed by atoms with van der Waals surface area (Å²) in [6.07, 6.45) is -1.27. The van der Waals surface area contributed by atoms with Crippen LogP contribution in [0.4, 0.5) is 20.2 Å². The molecular weight excluding hydrogens is 382 g/mol. The molecule has 0 bridgehead atoms. The first kappa shape index (κ1) is 20.3. The van der Waals surface area contributed by atoms with E-state index < -0.39 is 34.5 Å². The van der Waals surface area contributed by atoms with Crippen LogP contribution < -0.4 is 5.32 Å². The molecule has 27 heavy (non-hydrogen) atoms. The van der Waals surface area contributed by atoms with Crippen molar-refractivity contribution in [1.29, 1.82) is 0 Å². The maximum Gasteiger partial charge on any atom is 0.317 e. The van der Waals surface area contributed by atoms with Crippen molar-refractivity contribution in [3.8, 4) is 0 Å². The molecule has 0 radical (unpaired) electrons. The summed E-state index contributed by atoms with van der Waals surface area (Å²) in [5, 5.41) is 13.1. The Bertz CT molecular complexity index is 878. The molecule has 0 fully saturated rings. The number of halogens is 2. The zero-order chi connectivity index (χ0) is 20.0. The van der Waals surface area contributed by atoms with Crippen molar-refractivity contribution in [1.82, 2.24) is 0 Å². The Morgan fingerprint density at radius 3 is 2.67 bits per heavy atom. The number of ether oxygens (including phenoxy) is 1. The number of hydrogen-bond donors (Lipinski definition) is 1. The van der Waals surface area contributed by atoms with Crippen LogP contribution in [0.5, 0.6) is 0 Å². The lowest BCUT2D eigenvalue weighted by Gasteiger charge is -2.14. The number of carbonyl (C=O) groups excluding carboxylic acids is 2. The molecular formula is C17H14F2N2O5S. The van der Waals surface area contributed by atoms with Crippen LogP contribution in [0.25, 0.3) is 0 Å². The lowest BCUT2D eigenvalue weighted by Crippen LogP contribution is -2.30. The molecule has 1 amide bonds. The van der Waals surface area contributed by atoms with Crippen LogP contribution in [0.1, 0.15) is 6.92 Å². The van der Waals surface area contributed by atoms with Gasteiger partial charge < -0.3 is 10.1 Å². The predicted octanol–water partition coefficient (Wildman–Crippen LogP) is 3.54. The first-order valence-corrected chi connectivity index (χ1v) is 8.58. The highest BCUT2D eigenvalue weighted by molar-refractivity contribution is 8.00. The van der Waals surface area contributed by atoms with Crippen LogP contribution >= 0.6 is 11.8 Å². The molecule has 142 valence electrons. The number of nitrogens with zero attached hydrogens (tertiary/aromatic N) is 1. The number of nitro benzene ring substituents is 1. The summed E-state index contributed by atoms with van der Waals surface area (Å²) in [5.74, 6) is -3.48. The van der Waals surface area contributed by atoms with Gasteiger partial charge in [-0.3, -0.25) is 19.7 Å².